The zero-order valence-electron chi connectivity index (χ0n) is 12.1. The molecule has 0 aromatic carbocycles. The van der Waals surface area contributed by atoms with E-state index in [4.69, 9.17) is 19.7 Å². The Kier molecular flexibility index (Phi) is 6.27. The van der Waals surface area contributed by atoms with Crippen LogP contribution in [0.25, 0.3) is 0 Å². The molecule has 0 aromatic heterocycles. The van der Waals surface area contributed by atoms with Crippen LogP contribution in [0.4, 0.5) is 0 Å². The van der Waals surface area contributed by atoms with Crippen molar-refractivity contribution in [2.45, 2.75) is 61.3 Å². The lowest BCUT2D eigenvalue weighted by molar-refractivity contribution is -0.274. The SMILES string of the molecule is OC[C@H]1O[C@@H](N[C@@H]2O[C@H](CO)[C@H](O)[C@H](O)[C@H]2O)[C@H](O)[C@@H](O)[C@H]1O. The predicted octanol–water partition coefficient (Wildman–Crippen LogP) is -5.82. The minimum atomic E-state index is -1.62. The Morgan fingerprint density at radius 1 is 0.565 bits per heavy atom. The van der Waals surface area contributed by atoms with Crippen molar-refractivity contribution in [1.29, 1.82) is 0 Å². The quantitative estimate of drug-likeness (QED) is 0.236. The third-order valence-electron chi connectivity index (χ3n) is 4.11. The maximum absolute atomic E-state index is 9.90. The highest BCUT2D eigenvalue weighted by Crippen LogP contribution is 2.24. The molecule has 0 aromatic rings. The van der Waals surface area contributed by atoms with E-state index < -0.39 is 74.5 Å². The van der Waals surface area contributed by atoms with Crippen LogP contribution in [0.1, 0.15) is 0 Å². The van der Waals surface area contributed by atoms with Crippen LogP contribution in [-0.4, -0.2) is 115 Å². The number of aliphatic hydroxyl groups is 8. The highest BCUT2D eigenvalue weighted by Gasteiger charge is 2.48. The Hall–Kier alpha value is -0.440. The fourth-order valence-corrected chi connectivity index (χ4v) is 2.64. The van der Waals surface area contributed by atoms with E-state index in [9.17, 15) is 30.6 Å². The van der Waals surface area contributed by atoms with Crippen LogP contribution < -0.4 is 5.32 Å². The van der Waals surface area contributed by atoms with Crippen molar-refractivity contribution in [2.24, 2.45) is 0 Å². The molecular weight excluding hydrogens is 318 g/mol. The third-order valence-corrected chi connectivity index (χ3v) is 4.11. The first-order valence-corrected chi connectivity index (χ1v) is 7.18. The smallest absolute Gasteiger partial charge is 0.139 e. The van der Waals surface area contributed by atoms with Crippen LogP contribution in [-0.2, 0) is 9.47 Å². The van der Waals surface area contributed by atoms with Gasteiger partial charge in [0, 0.05) is 0 Å². The molecular formula is C12H23NO10. The highest BCUT2D eigenvalue weighted by molar-refractivity contribution is 4.95. The van der Waals surface area contributed by atoms with E-state index >= 15 is 0 Å². The van der Waals surface area contributed by atoms with Gasteiger partial charge >= 0.3 is 0 Å². The predicted molar refractivity (Wildman–Crippen MR) is 70.7 cm³/mol. The van der Waals surface area contributed by atoms with Crippen LogP contribution in [0, 0.1) is 0 Å². The molecule has 11 heteroatoms. The van der Waals surface area contributed by atoms with Crippen LogP contribution in [0.2, 0.25) is 0 Å². The zero-order chi connectivity index (χ0) is 17.3. The fraction of sp³-hybridized carbons (Fsp3) is 1.00. The minimum absolute atomic E-state index is 0.627. The first-order chi connectivity index (χ1) is 10.8. The van der Waals surface area contributed by atoms with Gasteiger partial charge in [-0.2, -0.15) is 0 Å². The second kappa shape index (κ2) is 7.63. The number of aliphatic hydroxyl groups excluding tert-OH is 8. The molecule has 0 unspecified atom stereocenters. The zero-order valence-corrected chi connectivity index (χ0v) is 12.1. The van der Waals surface area contributed by atoms with Crippen molar-refractivity contribution in [3.63, 3.8) is 0 Å². The van der Waals surface area contributed by atoms with Gasteiger partial charge in [0.15, 0.2) is 0 Å². The lowest BCUT2D eigenvalue weighted by Crippen LogP contribution is -2.68. The molecule has 2 rings (SSSR count). The lowest BCUT2D eigenvalue weighted by Gasteiger charge is -2.45. The number of rotatable bonds is 4. The molecule has 0 radical (unpaired) electrons. The summed E-state index contributed by atoms with van der Waals surface area (Å²) in [5, 5.41) is 79.2. The standard InChI is InChI=1S/C12H23NO10/c14-1-3-5(16)7(18)9(20)11(22-3)13-12-10(21)8(19)6(17)4(2-15)23-12/h3-21H,1-2H2/t3-,4-,5+,6+,7+,8+,9-,10-,11-,12-/m1/s1. The van der Waals surface area contributed by atoms with Crippen LogP contribution in [0.15, 0.2) is 0 Å². The molecule has 0 spiro atoms. The first-order valence-electron chi connectivity index (χ1n) is 7.18. The van der Waals surface area contributed by atoms with Gasteiger partial charge in [0.05, 0.1) is 13.2 Å². The molecule has 2 aliphatic heterocycles. The van der Waals surface area contributed by atoms with Gasteiger partial charge in [-0.05, 0) is 0 Å². The summed E-state index contributed by atoms with van der Waals surface area (Å²) >= 11 is 0. The Labute approximate surface area is 131 Å². The summed E-state index contributed by atoms with van der Waals surface area (Å²) in [7, 11) is 0. The van der Waals surface area contributed by atoms with Gasteiger partial charge < -0.3 is 50.3 Å². The van der Waals surface area contributed by atoms with Gasteiger partial charge in [-0.25, -0.2) is 0 Å². The summed E-state index contributed by atoms with van der Waals surface area (Å²) in [5.74, 6) is 0. The molecule has 0 aliphatic carbocycles. The van der Waals surface area contributed by atoms with Gasteiger partial charge in [0.25, 0.3) is 0 Å². The van der Waals surface area contributed by atoms with E-state index in [0.29, 0.717) is 0 Å². The summed E-state index contributed by atoms with van der Waals surface area (Å²) in [6, 6.07) is 0. The summed E-state index contributed by atoms with van der Waals surface area (Å²) in [6.45, 7) is -1.25. The largest absolute Gasteiger partial charge is 0.394 e. The molecule has 10 atom stereocenters. The Bertz CT molecular complexity index is 349. The van der Waals surface area contributed by atoms with Crippen molar-refractivity contribution in [3.05, 3.63) is 0 Å². The van der Waals surface area contributed by atoms with Crippen molar-refractivity contribution in [1.82, 2.24) is 5.32 Å². The number of hydrogen-bond donors (Lipinski definition) is 9. The summed E-state index contributed by atoms with van der Waals surface area (Å²) in [6.07, 6.45) is -14.5. The molecule has 11 nitrogen and oxygen atoms in total. The van der Waals surface area contributed by atoms with E-state index in [1.165, 1.54) is 0 Å². The van der Waals surface area contributed by atoms with Gasteiger partial charge in [-0.1, -0.05) is 0 Å². The van der Waals surface area contributed by atoms with Crippen molar-refractivity contribution < 1.29 is 50.3 Å². The summed E-state index contributed by atoms with van der Waals surface area (Å²) in [5.41, 5.74) is 0. The number of ether oxygens (including phenoxy) is 2. The molecule has 2 saturated heterocycles. The van der Waals surface area contributed by atoms with Crippen LogP contribution >= 0.6 is 0 Å². The molecule has 0 amide bonds. The average Bonchev–Trinajstić information content (AvgIpc) is 2.55. The van der Waals surface area contributed by atoms with Gasteiger partial charge in [-0.15, -0.1) is 0 Å². The topological polar surface area (TPSA) is 192 Å². The maximum Gasteiger partial charge on any atom is 0.139 e. The summed E-state index contributed by atoms with van der Waals surface area (Å²) < 4.78 is 10.4. The third kappa shape index (κ3) is 3.65. The minimum Gasteiger partial charge on any atom is -0.394 e. The monoisotopic (exact) mass is 341 g/mol. The van der Waals surface area contributed by atoms with Gasteiger partial charge in [0.1, 0.15) is 61.3 Å². The van der Waals surface area contributed by atoms with E-state index in [2.05, 4.69) is 5.32 Å². The van der Waals surface area contributed by atoms with Crippen LogP contribution in [0.3, 0.4) is 0 Å². The molecule has 0 saturated carbocycles. The Balaban J connectivity index is 2.07. The van der Waals surface area contributed by atoms with E-state index in [-0.39, 0.29) is 0 Å². The van der Waals surface area contributed by atoms with Gasteiger partial charge in [0.2, 0.25) is 0 Å². The molecule has 9 N–H and O–H groups in total. The fourth-order valence-electron chi connectivity index (χ4n) is 2.64. The van der Waals surface area contributed by atoms with Crippen molar-refractivity contribution in [2.75, 3.05) is 13.2 Å². The lowest BCUT2D eigenvalue weighted by atomic mass is 9.96. The molecule has 136 valence electrons. The first kappa shape index (κ1) is 18.9. The second-order valence-electron chi connectivity index (χ2n) is 5.67. The van der Waals surface area contributed by atoms with E-state index in [1.54, 1.807) is 0 Å². The van der Waals surface area contributed by atoms with Crippen molar-refractivity contribution >= 4 is 0 Å². The Morgan fingerprint density at radius 2 is 0.913 bits per heavy atom. The summed E-state index contributed by atoms with van der Waals surface area (Å²) in [4.78, 5) is 0. The molecule has 2 fully saturated rings. The highest BCUT2D eigenvalue weighted by atomic mass is 16.6. The maximum atomic E-state index is 9.90. The number of nitrogens with one attached hydrogen (secondary N) is 1. The molecule has 2 heterocycles. The van der Waals surface area contributed by atoms with Gasteiger partial charge in [-0.3, -0.25) is 5.32 Å². The number of hydrogen-bond acceptors (Lipinski definition) is 11. The average molecular weight is 341 g/mol. The van der Waals surface area contributed by atoms with Crippen molar-refractivity contribution in [3.8, 4) is 0 Å². The van der Waals surface area contributed by atoms with E-state index in [1.807, 2.05) is 0 Å². The second-order valence-corrected chi connectivity index (χ2v) is 5.67. The Morgan fingerprint density at radius 3 is 1.22 bits per heavy atom. The van der Waals surface area contributed by atoms with E-state index in [0.717, 1.165) is 0 Å². The molecule has 0 bridgehead atoms. The molecule has 23 heavy (non-hydrogen) atoms. The molecule has 2 aliphatic rings. The van der Waals surface area contributed by atoms with Crippen LogP contribution in [0.5, 0.6) is 0 Å². The normalized spacial score (nSPS) is 51.7.